The number of rotatable bonds is 6. The molecule has 1 aliphatic heterocycles. The summed E-state index contributed by atoms with van der Waals surface area (Å²) in [7, 11) is -3.61. The molecule has 1 aliphatic rings. The maximum Gasteiger partial charge on any atom is 0.263 e. The van der Waals surface area contributed by atoms with Gasteiger partial charge in [-0.05, 0) is 30.3 Å². The molecular formula is C18H18Cl2N2O5S. The van der Waals surface area contributed by atoms with Crippen LogP contribution in [0.5, 0.6) is 11.5 Å². The first-order valence-corrected chi connectivity index (χ1v) is 10.9. The number of anilines is 1. The minimum atomic E-state index is -3.61. The molecule has 0 aliphatic carbocycles. The highest BCUT2D eigenvalue weighted by atomic mass is 35.5. The number of sulfonamides is 1. The van der Waals surface area contributed by atoms with E-state index in [-0.39, 0.29) is 25.4 Å². The van der Waals surface area contributed by atoms with Crippen molar-refractivity contribution >= 4 is 44.8 Å². The second kappa shape index (κ2) is 8.46. The van der Waals surface area contributed by atoms with E-state index in [4.69, 9.17) is 32.7 Å². The van der Waals surface area contributed by atoms with Crippen LogP contribution in [0.4, 0.5) is 5.69 Å². The highest BCUT2D eigenvalue weighted by molar-refractivity contribution is 7.92. The summed E-state index contributed by atoms with van der Waals surface area (Å²) in [5, 5.41) is 3.52. The van der Waals surface area contributed by atoms with Crippen molar-refractivity contribution in [1.29, 1.82) is 0 Å². The molecule has 3 rings (SSSR count). The Balaban J connectivity index is 1.63. The summed E-state index contributed by atoms with van der Waals surface area (Å²) in [6.45, 7) is 0.254. The number of ether oxygens (including phenoxy) is 2. The molecule has 10 heteroatoms. The van der Waals surface area contributed by atoms with Crippen molar-refractivity contribution < 1.29 is 22.7 Å². The first kappa shape index (κ1) is 20.6. The van der Waals surface area contributed by atoms with Gasteiger partial charge in [0.1, 0.15) is 18.1 Å². The number of carbonyl (C=O) groups is 1. The van der Waals surface area contributed by atoms with Crippen LogP contribution in [-0.4, -0.2) is 46.4 Å². The molecule has 150 valence electrons. The van der Waals surface area contributed by atoms with Gasteiger partial charge in [0.05, 0.1) is 30.1 Å². The SMILES string of the molecule is CS(=O)(=O)N1C[C@@H](C(=O)NCCOc2ccccc2Cl)Oc2ccc(Cl)cc21. The molecule has 2 aromatic rings. The van der Waals surface area contributed by atoms with E-state index in [1.165, 1.54) is 12.1 Å². The van der Waals surface area contributed by atoms with Gasteiger partial charge >= 0.3 is 0 Å². The Morgan fingerprint density at radius 1 is 1.29 bits per heavy atom. The van der Waals surface area contributed by atoms with E-state index in [0.29, 0.717) is 21.5 Å². The highest BCUT2D eigenvalue weighted by Gasteiger charge is 2.35. The lowest BCUT2D eigenvalue weighted by atomic mass is 10.2. The standard InChI is InChI=1S/C18H18Cl2N2O5S/c1-28(24,25)22-11-17(27-16-7-6-12(19)10-14(16)22)18(23)21-8-9-26-15-5-3-2-4-13(15)20/h2-7,10,17H,8-9,11H2,1H3,(H,21,23)/t17-/m0/s1. The van der Waals surface area contributed by atoms with Crippen LogP contribution < -0.4 is 19.1 Å². The number of carbonyl (C=O) groups excluding carboxylic acids is 1. The number of amides is 1. The van der Waals surface area contributed by atoms with Crippen LogP contribution >= 0.6 is 23.2 Å². The van der Waals surface area contributed by atoms with Gasteiger partial charge in [-0.1, -0.05) is 35.3 Å². The number of para-hydroxylation sites is 1. The van der Waals surface area contributed by atoms with Crippen LogP contribution in [0.15, 0.2) is 42.5 Å². The largest absolute Gasteiger partial charge is 0.490 e. The summed E-state index contributed by atoms with van der Waals surface area (Å²) in [4.78, 5) is 12.5. The van der Waals surface area contributed by atoms with E-state index in [9.17, 15) is 13.2 Å². The summed E-state index contributed by atoms with van der Waals surface area (Å²) in [5.74, 6) is 0.340. The van der Waals surface area contributed by atoms with E-state index < -0.39 is 22.0 Å². The fraction of sp³-hybridized carbons (Fsp3) is 0.278. The highest BCUT2D eigenvalue weighted by Crippen LogP contribution is 2.37. The molecule has 0 bridgehead atoms. The average molecular weight is 445 g/mol. The van der Waals surface area contributed by atoms with Crippen molar-refractivity contribution in [2.45, 2.75) is 6.10 Å². The molecule has 0 fully saturated rings. The normalized spacial score (nSPS) is 16.1. The minimum Gasteiger partial charge on any atom is -0.490 e. The molecule has 0 aromatic heterocycles. The molecule has 0 saturated heterocycles. The maximum absolute atomic E-state index is 12.5. The van der Waals surface area contributed by atoms with Gasteiger partial charge in [0.2, 0.25) is 10.0 Å². The monoisotopic (exact) mass is 444 g/mol. The summed E-state index contributed by atoms with van der Waals surface area (Å²) in [6.07, 6.45) is 0.0683. The maximum atomic E-state index is 12.5. The van der Waals surface area contributed by atoms with Crippen molar-refractivity contribution in [2.75, 3.05) is 30.3 Å². The average Bonchev–Trinajstić information content (AvgIpc) is 2.64. The lowest BCUT2D eigenvalue weighted by Gasteiger charge is -2.34. The zero-order valence-electron chi connectivity index (χ0n) is 14.9. The van der Waals surface area contributed by atoms with E-state index >= 15 is 0 Å². The minimum absolute atomic E-state index is 0.149. The third-order valence-corrected chi connectivity index (χ3v) is 5.67. The molecule has 7 nitrogen and oxygen atoms in total. The van der Waals surface area contributed by atoms with Crippen LogP contribution in [0.1, 0.15) is 0 Å². The number of nitrogens with one attached hydrogen (secondary N) is 1. The fourth-order valence-corrected chi connectivity index (χ4v) is 3.95. The van der Waals surface area contributed by atoms with Crippen molar-refractivity contribution in [3.63, 3.8) is 0 Å². The number of hydrogen-bond donors (Lipinski definition) is 1. The second-order valence-electron chi connectivity index (χ2n) is 6.08. The fourth-order valence-electron chi connectivity index (χ4n) is 2.69. The number of fused-ring (bicyclic) bond motifs is 1. The van der Waals surface area contributed by atoms with Gasteiger partial charge in [-0.15, -0.1) is 0 Å². The lowest BCUT2D eigenvalue weighted by Crippen LogP contribution is -2.51. The molecular weight excluding hydrogens is 427 g/mol. The lowest BCUT2D eigenvalue weighted by molar-refractivity contribution is -0.127. The molecule has 1 atom stereocenters. The molecule has 1 heterocycles. The Morgan fingerprint density at radius 2 is 2.04 bits per heavy atom. The number of benzene rings is 2. The van der Waals surface area contributed by atoms with Gasteiger partial charge in [0.25, 0.3) is 5.91 Å². The van der Waals surface area contributed by atoms with E-state index in [2.05, 4.69) is 5.32 Å². The van der Waals surface area contributed by atoms with Crippen molar-refractivity contribution in [1.82, 2.24) is 5.32 Å². The van der Waals surface area contributed by atoms with Crippen molar-refractivity contribution in [3.05, 3.63) is 52.5 Å². The van der Waals surface area contributed by atoms with Crippen LogP contribution in [0.25, 0.3) is 0 Å². The number of halogens is 2. The van der Waals surface area contributed by atoms with Crippen LogP contribution in [0.2, 0.25) is 10.0 Å². The van der Waals surface area contributed by atoms with Crippen LogP contribution in [0.3, 0.4) is 0 Å². The first-order valence-electron chi connectivity index (χ1n) is 8.34. The Labute approximate surface area is 173 Å². The summed E-state index contributed by atoms with van der Waals surface area (Å²) < 4.78 is 36.6. The Bertz CT molecular complexity index is 984. The van der Waals surface area contributed by atoms with E-state index in [1.807, 2.05) is 0 Å². The quantitative estimate of drug-likeness (QED) is 0.692. The molecule has 0 saturated carbocycles. The van der Waals surface area contributed by atoms with Gasteiger partial charge in [0, 0.05) is 5.02 Å². The van der Waals surface area contributed by atoms with Crippen LogP contribution in [0, 0.1) is 0 Å². The van der Waals surface area contributed by atoms with E-state index in [0.717, 1.165) is 10.6 Å². The summed E-state index contributed by atoms with van der Waals surface area (Å²) in [5.41, 5.74) is 0.307. The molecule has 0 spiro atoms. The van der Waals surface area contributed by atoms with Crippen molar-refractivity contribution in [3.8, 4) is 11.5 Å². The smallest absolute Gasteiger partial charge is 0.263 e. The third-order valence-electron chi connectivity index (χ3n) is 3.98. The van der Waals surface area contributed by atoms with Gasteiger partial charge in [0.15, 0.2) is 6.10 Å². The third kappa shape index (κ3) is 4.81. The molecule has 28 heavy (non-hydrogen) atoms. The molecule has 2 aromatic carbocycles. The Kier molecular flexibility index (Phi) is 6.22. The number of hydrogen-bond acceptors (Lipinski definition) is 5. The Morgan fingerprint density at radius 3 is 2.75 bits per heavy atom. The number of nitrogens with zero attached hydrogens (tertiary/aromatic N) is 1. The van der Waals surface area contributed by atoms with Gasteiger partial charge in [-0.25, -0.2) is 8.42 Å². The zero-order valence-corrected chi connectivity index (χ0v) is 17.2. The summed E-state index contributed by atoms with van der Waals surface area (Å²) >= 11 is 12.0. The Hall–Kier alpha value is -2.16. The predicted molar refractivity (Wildman–Crippen MR) is 108 cm³/mol. The first-order chi connectivity index (χ1) is 13.3. The zero-order chi connectivity index (χ0) is 20.3. The molecule has 0 radical (unpaired) electrons. The topological polar surface area (TPSA) is 84.9 Å². The molecule has 0 unspecified atom stereocenters. The van der Waals surface area contributed by atoms with Gasteiger partial charge in [-0.3, -0.25) is 9.10 Å². The predicted octanol–water partition coefficient (Wildman–Crippen LogP) is 2.72. The van der Waals surface area contributed by atoms with Crippen molar-refractivity contribution in [2.24, 2.45) is 0 Å². The molecule has 1 amide bonds. The molecule has 1 N–H and O–H groups in total. The van der Waals surface area contributed by atoms with Crippen LogP contribution in [-0.2, 0) is 14.8 Å². The summed E-state index contributed by atoms with van der Waals surface area (Å²) in [6, 6.07) is 11.6. The second-order valence-corrected chi connectivity index (χ2v) is 8.83. The van der Waals surface area contributed by atoms with Gasteiger partial charge in [-0.2, -0.15) is 0 Å². The van der Waals surface area contributed by atoms with Gasteiger partial charge < -0.3 is 14.8 Å². The van der Waals surface area contributed by atoms with E-state index in [1.54, 1.807) is 30.3 Å².